The molecule has 0 aliphatic rings. The van der Waals surface area contributed by atoms with E-state index >= 15 is 0 Å². The summed E-state index contributed by atoms with van der Waals surface area (Å²) in [4.78, 5) is 1.45. The highest BCUT2D eigenvalue weighted by atomic mass is 35.5. The van der Waals surface area contributed by atoms with Gasteiger partial charge in [-0.3, -0.25) is 0 Å². The van der Waals surface area contributed by atoms with E-state index in [-0.39, 0.29) is 0 Å². The second-order valence-corrected chi connectivity index (χ2v) is 6.55. The van der Waals surface area contributed by atoms with Gasteiger partial charge in [0.1, 0.15) is 0 Å². The van der Waals surface area contributed by atoms with Gasteiger partial charge in [-0.05, 0) is 47.4 Å². The molecule has 0 amide bonds. The van der Waals surface area contributed by atoms with E-state index in [1.165, 1.54) is 16.0 Å². The van der Waals surface area contributed by atoms with Gasteiger partial charge < -0.3 is 5.32 Å². The fourth-order valence-corrected chi connectivity index (χ4v) is 3.66. The normalized spacial score (nSPS) is 12.9. The SMILES string of the molecule is CCc1ccsc1CNC(C)c1csc(Cl)c1. The molecule has 2 aromatic rings. The first kappa shape index (κ1) is 13.1. The Balaban J connectivity index is 1.94. The predicted octanol–water partition coefficient (Wildman–Crippen LogP) is 4.88. The van der Waals surface area contributed by atoms with Crippen LogP contribution in [0.1, 0.15) is 35.9 Å². The first-order valence-corrected chi connectivity index (χ1v) is 7.87. The predicted molar refractivity (Wildman–Crippen MR) is 78.3 cm³/mol. The zero-order chi connectivity index (χ0) is 12.3. The Hall–Kier alpha value is -0.350. The maximum atomic E-state index is 5.94. The molecule has 0 aromatic carbocycles. The monoisotopic (exact) mass is 285 g/mol. The molecule has 2 rings (SSSR count). The van der Waals surface area contributed by atoms with Gasteiger partial charge in [0.2, 0.25) is 0 Å². The largest absolute Gasteiger partial charge is 0.305 e. The molecule has 0 aliphatic carbocycles. The molecule has 0 fully saturated rings. The van der Waals surface area contributed by atoms with Crippen LogP contribution in [-0.4, -0.2) is 0 Å². The van der Waals surface area contributed by atoms with Crippen molar-refractivity contribution in [3.8, 4) is 0 Å². The molecule has 17 heavy (non-hydrogen) atoms. The number of halogens is 1. The van der Waals surface area contributed by atoms with Crippen molar-refractivity contribution >= 4 is 34.3 Å². The van der Waals surface area contributed by atoms with Gasteiger partial charge in [0.25, 0.3) is 0 Å². The lowest BCUT2D eigenvalue weighted by Crippen LogP contribution is -2.17. The third kappa shape index (κ3) is 3.32. The third-order valence-electron chi connectivity index (χ3n) is 2.88. The number of hydrogen-bond donors (Lipinski definition) is 1. The molecule has 2 heterocycles. The maximum Gasteiger partial charge on any atom is 0.0931 e. The van der Waals surface area contributed by atoms with Gasteiger partial charge >= 0.3 is 0 Å². The lowest BCUT2D eigenvalue weighted by molar-refractivity contribution is 0.578. The number of aryl methyl sites for hydroxylation is 1. The van der Waals surface area contributed by atoms with Crippen LogP contribution in [0.4, 0.5) is 0 Å². The molecule has 4 heteroatoms. The van der Waals surface area contributed by atoms with Gasteiger partial charge in [-0.2, -0.15) is 0 Å². The van der Waals surface area contributed by atoms with Gasteiger partial charge in [0.05, 0.1) is 4.34 Å². The first-order chi connectivity index (χ1) is 8.20. The second-order valence-electron chi connectivity index (χ2n) is 4.01. The summed E-state index contributed by atoms with van der Waals surface area (Å²) in [6, 6.07) is 4.61. The van der Waals surface area contributed by atoms with Crippen molar-refractivity contribution in [1.82, 2.24) is 5.32 Å². The smallest absolute Gasteiger partial charge is 0.0931 e. The summed E-state index contributed by atoms with van der Waals surface area (Å²) in [6.07, 6.45) is 1.11. The summed E-state index contributed by atoms with van der Waals surface area (Å²) in [7, 11) is 0. The van der Waals surface area contributed by atoms with Crippen LogP contribution in [0.25, 0.3) is 0 Å². The Bertz CT molecular complexity index is 475. The zero-order valence-corrected chi connectivity index (χ0v) is 12.4. The Morgan fingerprint density at radius 1 is 1.41 bits per heavy atom. The molecule has 0 radical (unpaired) electrons. The number of hydrogen-bond acceptors (Lipinski definition) is 3. The topological polar surface area (TPSA) is 12.0 Å². The lowest BCUT2D eigenvalue weighted by atomic mass is 10.1. The molecule has 1 unspecified atom stereocenters. The fraction of sp³-hybridized carbons (Fsp3) is 0.385. The molecule has 1 atom stereocenters. The summed E-state index contributed by atoms with van der Waals surface area (Å²) >= 11 is 9.37. The van der Waals surface area contributed by atoms with E-state index in [9.17, 15) is 0 Å². The Morgan fingerprint density at radius 2 is 2.24 bits per heavy atom. The summed E-state index contributed by atoms with van der Waals surface area (Å²) in [5.41, 5.74) is 2.73. The minimum atomic E-state index is 0.352. The molecule has 1 nitrogen and oxygen atoms in total. The minimum Gasteiger partial charge on any atom is -0.305 e. The van der Waals surface area contributed by atoms with Crippen molar-refractivity contribution in [3.05, 3.63) is 43.2 Å². The molecule has 0 aliphatic heterocycles. The quantitative estimate of drug-likeness (QED) is 0.826. The Kier molecular flexibility index (Phi) is 4.62. The highest BCUT2D eigenvalue weighted by Gasteiger charge is 2.09. The van der Waals surface area contributed by atoms with E-state index in [0.717, 1.165) is 17.3 Å². The zero-order valence-electron chi connectivity index (χ0n) is 10.00. The standard InChI is InChI=1S/C13H16ClNS2/c1-3-10-4-5-16-12(10)7-15-9(2)11-6-13(14)17-8-11/h4-6,8-9,15H,3,7H2,1-2H3. The number of rotatable bonds is 5. The van der Waals surface area contributed by atoms with E-state index in [2.05, 4.69) is 36.0 Å². The lowest BCUT2D eigenvalue weighted by Gasteiger charge is -2.12. The summed E-state index contributed by atoms with van der Waals surface area (Å²) in [6.45, 7) is 5.32. The van der Waals surface area contributed by atoms with Crippen LogP contribution in [0.15, 0.2) is 22.9 Å². The molecule has 0 saturated heterocycles. The molecule has 0 saturated carbocycles. The van der Waals surface area contributed by atoms with Crippen LogP contribution in [0.3, 0.4) is 0 Å². The maximum absolute atomic E-state index is 5.94. The highest BCUT2D eigenvalue weighted by Crippen LogP contribution is 2.25. The molecule has 1 N–H and O–H groups in total. The van der Waals surface area contributed by atoms with Gasteiger partial charge in [-0.15, -0.1) is 22.7 Å². The van der Waals surface area contributed by atoms with E-state index < -0.39 is 0 Å². The summed E-state index contributed by atoms with van der Waals surface area (Å²) in [5.74, 6) is 0. The van der Waals surface area contributed by atoms with Gasteiger partial charge in [0.15, 0.2) is 0 Å². The molecule has 2 aromatic heterocycles. The van der Waals surface area contributed by atoms with Crippen molar-refractivity contribution in [2.24, 2.45) is 0 Å². The Labute approximate surface area is 115 Å². The van der Waals surface area contributed by atoms with E-state index in [0.29, 0.717) is 6.04 Å². The van der Waals surface area contributed by atoms with Gasteiger partial charge in [-0.1, -0.05) is 18.5 Å². The van der Waals surface area contributed by atoms with Crippen LogP contribution in [0.2, 0.25) is 4.34 Å². The van der Waals surface area contributed by atoms with Gasteiger partial charge in [0, 0.05) is 17.5 Å². The van der Waals surface area contributed by atoms with Crippen LogP contribution in [0.5, 0.6) is 0 Å². The number of thiophene rings is 2. The minimum absolute atomic E-state index is 0.352. The van der Waals surface area contributed by atoms with E-state index in [1.54, 1.807) is 11.3 Å². The second kappa shape index (κ2) is 6.01. The fourth-order valence-electron chi connectivity index (χ4n) is 1.75. The van der Waals surface area contributed by atoms with Crippen molar-refractivity contribution in [1.29, 1.82) is 0 Å². The molecular weight excluding hydrogens is 270 g/mol. The van der Waals surface area contributed by atoms with Crippen molar-refractivity contribution in [2.45, 2.75) is 32.9 Å². The average Bonchev–Trinajstić information content (AvgIpc) is 2.94. The van der Waals surface area contributed by atoms with E-state index in [4.69, 9.17) is 11.6 Å². The van der Waals surface area contributed by atoms with Gasteiger partial charge in [-0.25, -0.2) is 0 Å². The van der Waals surface area contributed by atoms with Crippen molar-refractivity contribution in [2.75, 3.05) is 0 Å². The molecule has 0 bridgehead atoms. The number of nitrogens with one attached hydrogen (secondary N) is 1. The first-order valence-electron chi connectivity index (χ1n) is 5.73. The molecular formula is C13H16ClNS2. The summed E-state index contributed by atoms with van der Waals surface area (Å²) < 4.78 is 0.860. The van der Waals surface area contributed by atoms with Crippen LogP contribution >= 0.6 is 34.3 Å². The van der Waals surface area contributed by atoms with Crippen LogP contribution in [0, 0.1) is 0 Å². The molecule has 0 spiro atoms. The summed E-state index contributed by atoms with van der Waals surface area (Å²) in [5, 5.41) is 7.84. The van der Waals surface area contributed by atoms with Crippen LogP contribution < -0.4 is 5.32 Å². The van der Waals surface area contributed by atoms with Crippen molar-refractivity contribution < 1.29 is 0 Å². The highest BCUT2D eigenvalue weighted by molar-refractivity contribution is 7.14. The van der Waals surface area contributed by atoms with Crippen LogP contribution in [-0.2, 0) is 13.0 Å². The van der Waals surface area contributed by atoms with Crippen molar-refractivity contribution in [3.63, 3.8) is 0 Å². The molecule has 92 valence electrons. The third-order valence-corrected chi connectivity index (χ3v) is 4.95. The van der Waals surface area contributed by atoms with E-state index in [1.807, 2.05) is 17.4 Å². The Morgan fingerprint density at radius 3 is 2.88 bits per heavy atom. The average molecular weight is 286 g/mol.